The first-order valence-electron chi connectivity index (χ1n) is 9.21. The van der Waals surface area contributed by atoms with E-state index in [1.807, 2.05) is 0 Å². The van der Waals surface area contributed by atoms with Crippen LogP contribution in [0.4, 0.5) is 11.4 Å². The van der Waals surface area contributed by atoms with Crippen LogP contribution in [0.1, 0.15) is 6.42 Å². The predicted molar refractivity (Wildman–Crippen MR) is 117 cm³/mol. The highest BCUT2D eigenvalue weighted by atomic mass is 28.5. The molecule has 160 valence electrons. The highest BCUT2D eigenvalue weighted by Crippen LogP contribution is 2.30. The van der Waals surface area contributed by atoms with Gasteiger partial charge in [-0.2, -0.15) is 5.90 Å². The molecule has 0 aliphatic heterocycles. The number of nitro groups is 1. The second kappa shape index (κ2) is 9.96. The molecule has 1 aromatic rings. The number of hydrogen-bond acceptors (Lipinski definition) is 8. The minimum Gasteiger partial charge on any atom is -0.437 e. The third-order valence-corrected chi connectivity index (χ3v) is 13.1. The van der Waals surface area contributed by atoms with E-state index in [-0.39, 0.29) is 11.4 Å². The average Bonchev–Trinajstić information content (AvgIpc) is 2.48. The molecule has 0 saturated carbocycles. The van der Waals surface area contributed by atoms with Crippen LogP contribution in [-0.4, -0.2) is 36.7 Å². The van der Waals surface area contributed by atoms with E-state index in [2.05, 4.69) is 61.0 Å². The Morgan fingerprint density at radius 1 is 1.07 bits per heavy atom. The lowest BCUT2D eigenvalue weighted by Gasteiger charge is -2.38. The number of hydrogen-bond donors (Lipinski definition) is 2. The fourth-order valence-electron chi connectivity index (χ4n) is 2.97. The van der Waals surface area contributed by atoms with Crippen LogP contribution in [0.3, 0.4) is 0 Å². The lowest BCUT2D eigenvalue weighted by Crippen LogP contribution is -2.52. The van der Waals surface area contributed by atoms with Crippen LogP contribution in [0.25, 0.3) is 0 Å². The Kier molecular flexibility index (Phi) is 8.80. The zero-order valence-corrected chi connectivity index (χ0v) is 20.8. The Labute approximate surface area is 170 Å². The minimum atomic E-state index is -2.31. The molecule has 1 rings (SSSR count). The summed E-state index contributed by atoms with van der Waals surface area (Å²) in [4.78, 5) is 19.5. The van der Waals surface area contributed by atoms with E-state index >= 15 is 0 Å². The fourth-order valence-corrected chi connectivity index (χ4v) is 15.5. The van der Waals surface area contributed by atoms with E-state index in [0.717, 1.165) is 12.5 Å². The van der Waals surface area contributed by atoms with Crippen molar-refractivity contribution in [3.8, 4) is 5.75 Å². The smallest absolute Gasteiger partial charge is 0.314 e. The fraction of sp³-hybridized carbons (Fsp3) is 0.625. The van der Waals surface area contributed by atoms with E-state index in [1.54, 1.807) is 12.1 Å². The van der Waals surface area contributed by atoms with Crippen LogP contribution in [0, 0.1) is 10.1 Å². The van der Waals surface area contributed by atoms with Crippen molar-refractivity contribution in [1.82, 2.24) is 0 Å². The number of nitrogens with zero attached hydrogens (tertiary/aromatic N) is 1. The summed E-state index contributed by atoms with van der Waals surface area (Å²) in [7, 11) is -5.80. The first kappa shape index (κ1) is 24.7. The van der Waals surface area contributed by atoms with Gasteiger partial charge in [0.1, 0.15) is 5.69 Å². The molecule has 0 spiro atoms. The van der Waals surface area contributed by atoms with Crippen molar-refractivity contribution in [3.05, 3.63) is 28.3 Å². The van der Waals surface area contributed by atoms with E-state index < -0.39 is 30.1 Å². The van der Waals surface area contributed by atoms with Gasteiger partial charge in [0.15, 0.2) is 22.4 Å². The van der Waals surface area contributed by atoms with Crippen molar-refractivity contribution >= 4 is 36.6 Å². The number of rotatable bonds is 12. The van der Waals surface area contributed by atoms with Crippen molar-refractivity contribution in [2.45, 2.75) is 58.3 Å². The Bertz CT molecular complexity index is 648. The SMILES string of the molecule is C[Si](C)(C)O[Si](C)(CCCNc1ccc(OON)cc1[N+](=O)[O-])O[Si](C)(C)C. The first-order valence-corrected chi connectivity index (χ1v) is 18.5. The zero-order valence-electron chi connectivity index (χ0n) is 17.8. The van der Waals surface area contributed by atoms with E-state index in [1.165, 1.54) is 6.07 Å². The molecule has 0 atom stereocenters. The maximum atomic E-state index is 11.3. The van der Waals surface area contributed by atoms with Crippen LogP contribution in [0.5, 0.6) is 5.75 Å². The molecule has 0 unspecified atom stereocenters. The number of nitrogens with one attached hydrogen (secondary N) is 1. The van der Waals surface area contributed by atoms with Crippen molar-refractivity contribution in [3.63, 3.8) is 0 Å². The van der Waals surface area contributed by atoms with Crippen LogP contribution >= 0.6 is 0 Å². The molecule has 3 N–H and O–H groups in total. The van der Waals surface area contributed by atoms with Crippen LogP contribution in [0.15, 0.2) is 18.2 Å². The maximum absolute atomic E-state index is 11.3. The molecule has 9 nitrogen and oxygen atoms in total. The largest absolute Gasteiger partial charge is 0.437 e. The second-order valence-corrected chi connectivity index (χ2v) is 21.6. The molecule has 1 aromatic carbocycles. The summed E-state index contributed by atoms with van der Waals surface area (Å²) < 4.78 is 12.9. The molecule has 0 aromatic heterocycles. The van der Waals surface area contributed by atoms with Crippen molar-refractivity contribution in [2.24, 2.45) is 5.90 Å². The van der Waals surface area contributed by atoms with Gasteiger partial charge in [-0.05, 0) is 70.4 Å². The topological polar surface area (TPSA) is 118 Å². The Balaban J connectivity index is 2.76. The summed E-state index contributed by atoms with van der Waals surface area (Å²) >= 11 is 0. The van der Waals surface area contributed by atoms with Gasteiger partial charge in [0.2, 0.25) is 0 Å². The molecule has 0 aliphatic rings. The number of anilines is 1. The monoisotopic (exact) mass is 447 g/mol. The van der Waals surface area contributed by atoms with Crippen LogP contribution in [-0.2, 0) is 13.2 Å². The molecule has 28 heavy (non-hydrogen) atoms. The van der Waals surface area contributed by atoms with Gasteiger partial charge in [0.05, 0.1) is 11.0 Å². The molecular formula is C16H33N3O6Si3. The second-order valence-electron chi connectivity index (χ2n) is 8.71. The van der Waals surface area contributed by atoms with Crippen LogP contribution in [0.2, 0.25) is 51.9 Å². The molecule has 12 heteroatoms. The molecule has 0 saturated heterocycles. The van der Waals surface area contributed by atoms with Gasteiger partial charge in [-0.3, -0.25) is 10.1 Å². The highest BCUT2D eigenvalue weighted by molar-refractivity contribution is 6.87. The Hall–Kier alpha value is -1.29. The molecular weight excluding hydrogens is 414 g/mol. The zero-order chi connectivity index (χ0) is 21.6. The average molecular weight is 448 g/mol. The normalized spacial score (nSPS) is 12.7. The Morgan fingerprint density at radius 3 is 2.11 bits per heavy atom. The van der Waals surface area contributed by atoms with E-state index in [0.29, 0.717) is 12.2 Å². The summed E-state index contributed by atoms with van der Waals surface area (Å²) in [5.74, 6) is 4.99. The van der Waals surface area contributed by atoms with Crippen LogP contribution < -0.4 is 16.1 Å². The van der Waals surface area contributed by atoms with Gasteiger partial charge in [-0.25, -0.2) is 0 Å². The van der Waals surface area contributed by atoms with Gasteiger partial charge in [0.25, 0.3) is 5.69 Å². The number of nitro benzene ring substituents is 1. The first-order chi connectivity index (χ1) is 12.7. The third-order valence-electron chi connectivity index (χ3n) is 3.48. The number of benzene rings is 1. The summed E-state index contributed by atoms with van der Waals surface area (Å²) in [6.07, 6.45) is 0.791. The molecule has 0 radical (unpaired) electrons. The van der Waals surface area contributed by atoms with Gasteiger partial charge in [0, 0.05) is 6.54 Å². The molecule has 0 aliphatic carbocycles. The lowest BCUT2D eigenvalue weighted by atomic mass is 10.2. The van der Waals surface area contributed by atoms with Gasteiger partial charge >= 0.3 is 8.56 Å². The van der Waals surface area contributed by atoms with Crippen molar-refractivity contribution in [1.29, 1.82) is 0 Å². The van der Waals surface area contributed by atoms with Crippen molar-refractivity contribution < 1.29 is 23.0 Å². The standard InChI is InChI=1S/C16H33N3O6Si3/c1-26(2,3)24-28(7,25-27(4,5)6)12-8-11-18-15-10-9-14(22-23-17)13-16(15)19(20)21/h9-10,13,18H,8,11-12,17H2,1-7H3. The highest BCUT2D eigenvalue weighted by Gasteiger charge is 2.39. The van der Waals surface area contributed by atoms with Crippen molar-refractivity contribution in [2.75, 3.05) is 11.9 Å². The van der Waals surface area contributed by atoms with E-state index in [4.69, 9.17) is 14.1 Å². The quantitative estimate of drug-likeness (QED) is 0.159. The van der Waals surface area contributed by atoms with E-state index in [9.17, 15) is 10.1 Å². The summed E-state index contributed by atoms with van der Waals surface area (Å²) in [6, 6.07) is 5.20. The third kappa shape index (κ3) is 9.27. The Morgan fingerprint density at radius 2 is 1.64 bits per heavy atom. The summed E-state index contributed by atoms with van der Waals surface area (Å²) in [5, 5.41) is 14.4. The molecule has 0 fully saturated rings. The van der Waals surface area contributed by atoms with Gasteiger partial charge in [-0.1, -0.05) is 4.99 Å². The maximum Gasteiger partial charge on any atom is 0.314 e. The molecule has 0 amide bonds. The number of nitrogens with two attached hydrogens (primary N) is 1. The predicted octanol–water partition coefficient (Wildman–Crippen LogP) is 4.36. The molecule has 0 heterocycles. The molecule has 0 bridgehead atoms. The summed E-state index contributed by atoms with van der Waals surface area (Å²) in [6.45, 7) is 15.7. The summed E-state index contributed by atoms with van der Waals surface area (Å²) in [5.41, 5.74) is 0.307. The van der Waals surface area contributed by atoms with Gasteiger partial charge in [-0.15, -0.1) is 0 Å². The lowest BCUT2D eigenvalue weighted by molar-refractivity contribution is -0.384. The van der Waals surface area contributed by atoms with Gasteiger partial charge < -0.3 is 18.4 Å². The minimum absolute atomic E-state index is 0.105.